The topological polar surface area (TPSA) is 24.9 Å². The van der Waals surface area contributed by atoms with E-state index in [9.17, 15) is 8.78 Å². The molecule has 0 spiro atoms. The van der Waals surface area contributed by atoms with E-state index in [4.69, 9.17) is 0 Å². The monoisotopic (exact) mass is 346 g/mol. The Hall–Kier alpha value is -0.850. The minimum Gasteiger partial charge on any atom is -0.309 e. The molecule has 2 rings (SSSR count). The van der Waals surface area contributed by atoms with Gasteiger partial charge < -0.3 is 5.32 Å². The number of benzene rings is 1. The highest BCUT2D eigenvalue weighted by Gasteiger charge is 2.19. The fourth-order valence-electron chi connectivity index (χ4n) is 1.88. The van der Waals surface area contributed by atoms with Crippen molar-refractivity contribution in [1.82, 2.24) is 10.3 Å². The molecule has 1 atom stereocenters. The van der Waals surface area contributed by atoms with Gasteiger partial charge in [-0.25, -0.2) is 13.8 Å². The van der Waals surface area contributed by atoms with E-state index in [1.807, 2.05) is 12.3 Å². The molecule has 0 radical (unpaired) electrons. The van der Waals surface area contributed by atoms with E-state index in [0.29, 0.717) is 6.54 Å². The molecule has 19 heavy (non-hydrogen) atoms. The Morgan fingerprint density at radius 2 is 2.21 bits per heavy atom. The van der Waals surface area contributed by atoms with E-state index in [0.717, 1.165) is 5.69 Å². The smallest absolute Gasteiger partial charge is 0.143 e. The van der Waals surface area contributed by atoms with Crippen LogP contribution in [-0.4, -0.2) is 11.5 Å². The van der Waals surface area contributed by atoms with Gasteiger partial charge in [-0.3, -0.25) is 0 Å². The lowest BCUT2D eigenvalue weighted by molar-refractivity contribution is 0.492. The highest BCUT2D eigenvalue weighted by molar-refractivity contribution is 9.10. The molecule has 1 heterocycles. The third-order valence-corrected chi connectivity index (χ3v) is 4.02. The molecule has 0 fully saturated rings. The quantitative estimate of drug-likeness (QED) is 0.825. The Labute approximate surface area is 123 Å². The summed E-state index contributed by atoms with van der Waals surface area (Å²) in [7, 11) is 0. The van der Waals surface area contributed by atoms with Crippen molar-refractivity contribution in [2.24, 2.45) is 0 Å². The van der Waals surface area contributed by atoms with Crippen LogP contribution in [0.5, 0.6) is 0 Å². The van der Waals surface area contributed by atoms with Crippen molar-refractivity contribution in [3.63, 3.8) is 0 Å². The number of aromatic nitrogens is 1. The number of likely N-dealkylation sites (N-methyl/N-ethyl adjacent to an activating group) is 1. The summed E-state index contributed by atoms with van der Waals surface area (Å²) in [5, 5.41) is 5.09. The Morgan fingerprint density at radius 3 is 2.84 bits per heavy atom. The highest BCUT2D eigenvalue weighted by Crippen LogP contribution is 2.26. The normalized spacial score (nSPS) is 12.6. The van der Waals surface area contributed by atoms with Crippen molar-refractivity contribution >= 4 is 27.3 Å². The van der Waals surface area contributed by atoms with E-state index >= 15 is 0 Å². The van der Waals surface area contributed by atoms with Crippen molar-refractivity contribution in [3.05, 3.63) is 50.4 Å². The van der Waals surface area contributed by atoms with Crippen LogP contribution in [0, 0.1) is 11.6 Å². The molecule has 0 aliphatic heterocycles. The maximum atomic E-state index is 14.0. The molecule has 0 aliphatic rings. The molecule has 0 saturated carbocycles. The fourth-order valence-corrected chi connectivity index (χ4v) is 2.86. The van der Waals surface area contributed by atoms with Gasteiger partial charge in [0.1, 0.15) is 11.6 Å². The number of hydrogen-bond donors (Lipinski definition) is 1. The molecular formula is C13H13BrF2N2S. The zero-order valence-corrected chi connectivity index (χ0v) is 12.7. The van der Waals surface area contributed by atoms with Crippen molar-refractivity contribution < 1.29 is 8.78 Å². The summed E-state index contributed by atoms with van der Waals surface area (Å²) in [6.07, 6.45) is 0.231. The summed E-state index contributed by atoms with van der Waals surface area (Å²) < 4.78 is 28.0. The van der Waals surface area contributed by atoms with Crippen LogP contribution in [0.2, 0.25) is 0 Å². The van der Waals surface area contributed by atoms with Gasteiger partial charge in [0.2, 0.25) is 0 Å². The molecular weight excluding hydrogens is 334 g/mol. The molecule has 0 aliphatic carbocycles. The number of nitrogens with one attached hydrogen (secondary N) is 1. The fraction of sp³-hybridized carbons (Fsp3) is 0.308. The summed E-state index contributed by atoms with van der Waals surface area (Å²) >= 11 is 4.55. The van der Waals surface area contributed by atoms with Gasteiger partial charge in [0, 0.05) is 10.9 Å². The van der Waals surface area contributed by atoms with Gasteiger partial charge in [-0.05, 0) is 41.0 Å². The van der Waals surface area contributed by atoms with Crippen molar-refractivity contribution in [2.75, 3.05) is 6.54 Å². The second kappa shape index (κ2) is 6.54. The highest BCUT2D eigenvalue weighted by atomic mass is 79.9. The van der Waals surface area contributed by atoms with E-state index < -0.39 is 11.6 Å². The molecule has 0 bridgehead atoms. The number of halogens is 3. The molecule has 0 saturated heterocycles. The first-order chi connectivity index (χ1) is 9.13. The largest absolute Gasteiger partial charge is 0.309 e. The van der Waals surface area contributed by atoms with Gasteiger partial charge in [0.05, 0.1) is 21.7 Å². The van der Waals surface area contributed by atoms with Crippen molar-refractivity contribution in [1.29, 1.82) is 0 Å². The average molecular weight is 347 g/mol. The van der Waals surface area contributed by atoms with Crippen LogP contribution in [0.3, 0.4) is 0 Å². The summed E-state index contributed by atoms with van der Waals surface area (Å²) in [6, 6.07) is 2.46. The predicted molar refractivity (Wildman–Crippen MR) is 76.3 cm³/mol. The first kappa shape index (κ1) is 14.6. The minimum absolute atomic E-state index is 0.0772. The first-order valence-corrected chi connectivity index (χ1v) is 7.61. The van der Waals surface area contributed by atoms with Gasteiger partial charge in [-0.2, -0.15) is 0 Å². The Kier molecular flexibility index (Phi) is 5.01. The number of rotatable bonds is 5. The van der Waals surface area contributed by atoms with Crippen LogP contribution in [0.25, 0.3) is 0 Å². The third-order valence-electron chi connectivity index (χ3n) is 2.81. The molecule has 2 aromatic rings. The Bertz CT molecular complexity index is 546. The second-order valence-electron chi connectivity index (χ2n) is 4.05. The van der Waals surface area contributed by atoms with E-state index in [1.165, 1.54) is 23.5 Å². The van der Waals surface area contributed by atoms with Crippen LogP contribution in [0.4, 0.5) is 8.78 Å². The maximum absolute atomic E-state index is 14.0. The van der Waals surface area contributed by atoms with Crippen LogP contribution in [0.15, 0.2) is 27.5 Å². The molecule has 1 aromatic carbocycles. The molecule has 2 nitrogen and oxygen atoms in total. The van der Waals surface area contributed by atoms with Crippen LogP contribution in [0.1, 0.15) is 24.2 Å². The zero-order valence-electron chi connectivity index (χ0n) is 10.3. The van der Waals surface area contributed by atoms with Gasteiger partial charge in [0.25, 0.3) is 0 Å². The summed E-state index contributed by atoms with van der Waals surface area (Å²) in [6.45, 7) is 2.66. The summed E-state index contributed by atoms with van der Waals surface area (Å²) in [5.41, 5.74) is 2.60. The SMILES string of the molecule is CCNC(Cc1c(F)ccc(Br)c1F)c1cscn1. The molecule has 1 N–H and O–H groups in total. The molecule has 6 heteroatoms. The lowest BCUT2D eigenvalue weighted by atomic mass is 10.0. The summed E-state index contributed by atoms with van der Waals surface area (Å²) in [5.74, 6) is -1.07. The van der Waals surface area contributed by atoms with Crippen molar-refractivity contribution in [2.45, 2.75) is 19.4 Å². The summed E-state index contributed by atoms with van der Waals surface area (Å²) in [4.78, 5) is 4.21. The van der Waals surface area contributed by atoms with Crippen LogP contribution >= 0.6 is 27.3 Å². The van der Waals surface area contributed by atoms with Crippen LogP contribution in [-0.2, 0) is 6.42 Å². The number of hydrogen-bond acceptors (Lipinski definition) is 3. The predicted octanol–water partition coefficient (Wildman–Crippen LogP) is 4.08. The lowest BCUT2D eigenvalue weighted by Crippen LogP contribution is -2.24. The molecule has 102 valence electrons. The van der Waals surface area contributed by atoms with Gasteiger partial charge in [-0.1, -0.05) is 6.92 Å². The van der Waals surface area contributed by atoms with Gasteiger partial charge in [0.15, 0.2) is 0 Å². The standard InChI is InChI=1S/C13H13BrF2N2S/c1-2-17-11(12-6-19-7-18-12)5-8-10(15)4-3-9(14)13(8)16/h3-4,6-7,11,17H,2,5H2,1H3. The second-order valence-corrected chi connectivity index (χ2v) is 5.62. The third kappa shape index (κ3) is 3.38. The molecule has 1 aromatic heterocycles. The lowest BCUT2D eigenvalue weighted by Gasteiger charge is -2.17. The van der Waals surface area contributed by atoms with Crippen LogP contribution < -0.4 is 5.32 Å². The van der Waals surface area contributed by atoms with E-state index in [1.54, 1.807) is 5.51 Å². The van der Waals surface area contributed by atoms with Gasteiger partial charge >= 0.3 is 0 Å². The number of nitrogens with zero attached hydrogens (tertiary/aromatic N) is 1. The molecule has 0 amide bonds. The number of thiazole rings is 1. The average Bonchev–Trinajstić information content (AvgIpc) is 2.92. The zero-order chi connectivity index (χ0) is 13.8. The van der Waals surface area contributed by atoms with Crippen molar-refractivity contribution in [3.8, 4) is 0 Å². The minimum atomic E-state index is -0.543. The Morgan fingerprint density at radius 1 is 1.42 bits per heavy atom. The Balaban J connectivity index is 2.30. The van der Waals surface area contributed by atoms with E-state index in [2.05, 4.69) is 26.2 Å². The maximum Gasteiger partial charge on any atom is 0.143 e. The first-order valence-electron chi connectivity index (χ1n) is 5.87. The van der Waals surface area contributed by atoms with Gasteiger partial charge in [-0.15, -0.1) is 11.3 Å². The van der Waals surface area contributed by atoms with E-state index in [-0.39, 0.29) is 22.5 Å². The molecule has 1 unspecified atom stereocenters.